The molecule has 0 unspecified atom stereocenters. The Hall–Kier alpha value is -3.34. The monoisotopic (exact) mass is 398 g/mol. The van der Waals surface area contributed by atoms with E-state index in [0.717, 1.165) is 45.5 Å². The number of nitrogens with one attached hydrogen (secondary N) is 2. The first-order valence-electron chi connectivity index (χ1n) is 10.5. The van der Waals surface area contributed by atoms with Gasteiger partial charge in [-0.3, -0.25) is 0 Å². The minimum absolute atomic E-state index is 0.375. The van der Waals surface area contributed by atoms with Crippen LogP contribution in [0.5, 0.6) is 5.75 Å². The van der Waals surface area contributed by atoms with Crippen LogP contribution in [0.4, 0.5) is 0 Å². The van der Waals surface area contributed by atoms with Crippen molar-refractivity contribution < 1.29 is 4.74 Å². The van der Waals surface area contributed by atoms with E-state index >= 15 is 0 Å². The molecule has 30 heavy (non-hydrogen) atoms. The van der Waals surface area contributed by atoms with E-state index in [0.29, 0.717) is 18.4 Å². The first-order valence-corrected chi connectivity index (χ1v) is 10.5. The molecule has 2 aromatic carbocycles. The number of hydrogen-bond donors (Lipinski definition) is 2. The van der Waals surface area contributed by atoms with Crippen molar-refractivity contribution in [2.75, 3.05) is 0 Å². The number of aromatic nitrogens is 4. The summed E-state index contributed by atoms with van der Waals surface area (Å²) in [7, 11) is 0. The summed E-state index contributed by atoms with van der Waals surface area (Å²) in [6.45, 7) is 9.11. The molecule has 2 aromatic heterocycles. The average molecular weight is 399 g/mol. The number of rotatable bonds is 4. The van der Waals surface area contributed by atoms with E-state index in [4.69, 9.17) is 4.74 Å². The van der Waals surface area contributed by atoms with Crippen molar-refractivity contribution >= 4 is 0 Å². The smallest absolute Gasteiger partial charge is 0.128 e. The van der Waals surface area contributed by atoms with Gasteiger partial charge in [0, 0.05) is 23.0 Å². The van der Waals surface area contributed by atoms with Crippen LogP contribution in [0.15, 0.2) is 48.8 Å². The molecule has 3 heterocycles. The van der Waals surface area contributed by atoms with E-state index in [9.17, 15) is 0 Å². The maximum Gasteiger partial charge on any atom is 0.128 e. The zero-order valence-electron chi connectivity index (χ0n) is 17.8. The molecular formula is C25H26N4O. The molecule has 0 saturated carbocycles. The average Bonchev–Trinajstić information content (AvgIpc) is 3.43. The number of ether oxygens (including phenoxy) is 1. The minimum Gasteiger partial charge on any atom is -0.488 e. The van der Waals surface area contributed by atoms with Gasteiger partial charge in [0.25, 0.3) is 0 Å². The molecule has 0 atom stereocenters. The Labute approximate surface area is 176 Å². The van der Waals surface area contributed by atoms with Gasteiger partial charge in [-0.1, -0.05) is 45.9 Å². The number of hydrogen-bond acceptors (Lipinski definition) is 3. The lowest BCUT2D eigenvalue weighted by atomic mass is 9.93. The molecule has 0 aliphatic carbocycles. The number of H-pyrrole nitrogens is 2. The molecule has 0 amide bonds. The highest BCUT2D eigenvalue weighted by Gasteiger charge is 2.19. The van der Waals surface area contributed by atoms with Gasteiger partial charge in [-0.15, -0.1) is 0 Å². The van der Waals surface area contributed by atoms with Crippen molar-refractivity contribution in [2.24, 2.45) is 0 Å². The van der Waals surface area contributed by atoms with Gasteiger partial charge >= 0.3 is 0 Å². The molecule has 0 saturated heterocycles. The third-order valence-corrected chi connectivity index (χ3v) is 5.67. The Morgan fingerprint density at radius 2 is 1.33 bits per heavy atom. The van der Waals surface area contributed by atoms with E-state index < -0.39 is 0 Å². The molecule has 1 aliphatic heterocycles. The Balaban J connectivity index is 1.48. The summed E-state index contributed by atoms with van der Waals surface area (Å²) >= 11 is 0. The Bertz CT molecular complexity index is 1120. The van der Waals surface area contributed by atoms with Crippen molar-refractivity contribution in [1.29, 1.82) is 0 Å². The second-order valence-electron chi connectivity index (χ2n) is 8.55. The summed E-state index contributed by atoms with van der Waals surface area (Å²) in [4.78, 5) is 15.8. The van der Waals surface area contributed by atoms with Gasteiger partial charge in [0.15, 0.2) is 0 Å². The van der Waals surface area contributed by atoms with Crippen molar-refractivity contribution in [1.82, 2.24) is 19.9 Å². The van der Waals surface area contributed by atoms with E-state index in [2.05, 4.69) is 84.0 Å². The van der Waals surface area contributed by atoms with Crippen LogP contribution in [0.2, 0.25) is 0 Å². The van der Waals surface area contributed by atoms with E-state index in [-0.39, 0.29) is 0 Å². The summed E-state index contributed by atoms with van der Waals surface area (Å²) in [6.07, 6.45) is 3.81. The van der Waals surface area contributed by atoms with Gasteiger partial charge in [-0.05, 0) is 34.9 Å². The molecule has 152 valence electrons. The van der Waals surface area contributed by atoms with Crippen LogP contribution in [-0.4, -0.2) is 19.9 Å². The summed E-state index contributed by atoms with van der Waals surface area (Å²) in [6, 6.07) is 12.9. The Kier molecular flexibility index (Phi) is 4.46. The van der Waals surface area contributed by atoms with Gasteiger partial charge < -0.3 is 14.7 Å². The number of benzene rings is 2. The van der Waals surface area contributed by atoms with Gasteiger partial charge in [0.05, 0.1) is 23.8 Å². The second-order valence-corrected chi connectivity index (χ2v) is 8.55. The lowest BCUT2D eigenvalue weighted by Crippen LogP contribution is -2.06. The molecule has 5 rings (SSSR count). The molecule has 0 bridgehead atoms. The van der Waals surface area contributed by atoms with Crippen LogP contribution in [0.3, 0.4) is 0 Å². The molecule has 4 aromatic rings. The highest BCUT2D eigenvalue weighted by Crippen LogP contribution is 2.41. The molecular weight excluding hydrogens is 372 g/mol. The first kappa shape index (κ1) is 18.7. The van der Waals surface area contributed by atoms with Crippen LogP contribution in [0, 0.1) is 0 Å². The van der Waals surface area contributed by atoms with Gasteiger partial charge in [-0.25, -0.2) is 9.97 Å². The predicted molar refractivity (Wildman–Crippen MR) is 120 cm³/mol. The molecule has 2 N–H and O–H groups in total. The van der Waals surface area contributed by atoms with Crippen LogP contribution in [-0.2, 0) is 6.61 Å². The Morgan fingerprint density at radius 1 is 0.767 bits per heavy atom. The maximum absolute atomic E-state index is 6.14. The van der Waals surface area contributed by atoms with Gasteiger partial charge in [-0.2, -0.15) is 0 Å². The molecule has 5 nitrogen and oxygen atoms in total. The van der Waals surface area contributed by atoms with Gasteiger partial charge in [0.1, 0.15) is 24.0 Å². The van der Waals surface area contributed by atoms with Crippen molar-refractivity contribution in [2.45, 2.75) is 46.1 Å². The van der Waals surface area contributed by atoms with Crippen molar-refractivity contribution in [3.63, 3.8) is 0 Å². The SMILES string of the molecule is CC(C)c1ncc(-c2ccc3c(c2)COc2cc(-c4cnc(C(C)C)[nH]4)ccc2-3)[nH]1. The highest BCUT2D eigenvalue weighted by atomic mass is 16.5. The molecule has 0 spiro atoms. The third kappa shape index (κ3) is 3.20. The van der Waals surface area contributed by atoms with Gasteiger partial charge in [0.2, 0.25) is 0 Å². The lowest BCUT2D eigenvalue weighted by molar-refractivity contribution is 0.302. The summed E-state index contributed by atoms with van der Waals surface area (Å²) in [5.41, 5.74) is 7.83. The van der Waals surface area contributed by atoms with Crippen molar-refractivity contribution in [3.8, 4) is 39.4 Å². The fourth-order valence-corrected chi connectivity index (χ4v) is 3.88. The van der Waals surface area contributed by atoms with E-state index in [1.165, 1.54) is 11.1 Å². The molecule has 1 aliphatic rings. The fourth-order valence-electron chi connectivity index (χ4n) is 3.88. The molecule has 0 radical (unpaired) electrons. The lowest BCUT2D eigenvalue weighted by Gasteiger charge is -2.22. The quantitative estimate of drug-likeness (QED) is 0.425. The maximum atomic E-state index is 6.14. The van der Waals surface area contributed by atoms with E-state index in [1.807, 2.05) is 12.4 Å². The normalized spacial score (nSPS) is 12.7. The number of nitrogens with zero attached hydrogens (tertiary/aromatic N) is 2. The van der Waals surface area contributed by atoms with Crippen LogP contribution in [0.25, 0.3) is 33.6 Å². The third-order valence-electron chi connectivity index (χ3n) is 5.67. The highest BCUT2D eigenvalue weighted by molar-refractivity contribution is 5.80. The summed E-state index contributed by atoms with van der Waals surface area (Å²) < 4.78 is 6.14. The molecule has 0 fully saturated rings. The van der Waals surface area contributed by atoms with Crippen LogP contribution in [0.1, 0.15) is 56.7 Å². The predicted octanol–water partition coefficient (Wildman–Crippen LogP) is 6.27. The number of imidazole rings is 2. The second kappa shape index (κ2) is 7.17. The number of aromatic amines is 2. The van der Waals surface area contributed by atoms with Crippen LogP contribution < -0.4 is 4.74 Å². The Morgan fingerprint density at radius 3 is 1.90 bits per heavy atom. The topological polar surface area (TPSA) is 66.6 Å². The zero-order valence-corrected chi connectivity index (χ0v) is 17.8. The largest absolute Gasteiger partial charge is 0.488 e. The number of fused-ring (bicyclic) bond motifs is 3. The standard InChI is InChI=1S/C25H26N4O/c1-14(2)24-26-11-21(28-24)16-5-7-19-18(9-16)13-30-23-10-17(6-8-20(19)23)22-12-27-25(29-22)15(3)4/h5-12,14-15H,13H2,1-4H3,(H,26,28)(H,27,29). The van der Waals surface area contributed by atoms with Crippen molar-refractivity contribution in [3.05, 3.63) is 66.0 Å². The van der Waals surface area contributed by atoms with E-state index in [1.54, 1.807) is 0 Å². The zero-order chi connectivity index (χ0) is 20.8. The minimum atomic E-state index is 0.375. The first-order chi connectivity index (χ1) is 14.5. The fraction of sp³-hybridized carbons (Fsp3) is 0.280. The summed E-state index contributed by atoms with van der Waals surface area (Å²) in [5.74, 6) is 3.68. The summed E-state index contributed by atoms with van der Waals surface area (Å²) in [5, 5.41) is 0. The van der Waals surface area contributed by atoms with Crippen LogP contribution >= 0.6 is 0 Å². The molecule has 5 heteroatoms.